The van der Waals surface area contributed by atoms with E-state index in [4.69, 9.17) is 11.6 Å². The molecule has 2 rings (SSSR count). The number of hydrogen-bond acceptors (Lipinski definition) is 4. The number of para-hydroxylation sites is 1. The lowest BCUT2D eigenvalue weighted by atomic mass is 10.2. The highest BCUT2D eigenvalue weighted by Crippen LogP contribution is 2.24. The third-order valence-corrected chi connectivity index (χ3v) is 4.62. The van der Waals surface area contributed by atoms with Crippen LogP contribution in [-0.2, 0) is 16.1 Å². The van der Waals surface area contributed by atoms with E-state index in [-0.39, 0.29) is 24.9 Å². The first-order valence-electron chi connectivity index (χ1n) is 8.10. The van der Waals surface area contributed by atoms with Crippen molar-refractivity contribution in [1.29, 1.82) is 0 Å². The fraction of sp³-hybridized carbons (Fsp3) is 0.263. The second-order valence-corrected chi connectivity index (χ2v) is 7.11. The van der Waals surface area contributed by atoms with Crippen LogP contribution in [0.25, 0.3) is 0 Å². The van der Waals surface area contributed by atoms with Crippen LogP contribution < -0.4 is 10.6 Å². The molecule has 2 aromatic carbocycles. The van der Waals surface area contributed by atoms with Gasteiger partial charge in [0.05, 0.1) is 18.8 Å². The van der Waals surface area contributed by atoms with Crippen LogP contribution in [0.2, 0.25) is 5.02 Å². The number of hydrogen-bond donors (Lipinski definition) is 2. The van der Waals surface area contributed by atoms with E-state index in [2.05, 4.69) is 10.6 Å². The molecule has 0 aliphatic heterocycles. The summed E-state index contributed by atoms with van der Waals surface area (Å²) >= 11 is 7.49. The van der Waals surface area contributed by atoms with Crippen LogP contribution in [0.3, 0.4) is 0 Å². The summed E-state index contributed by atoms with van der Waals surface area (Å²) in [6.45, 7) is 0.673. The molecule has 26 heavy (non-hydrogen) atoms. The molecule has 0 aliphatic rings. The molecular weight excluding hydrogens is 370 g/mol. The minimum absolute atomic E-state index is 0.132. The number of benzene rings is 2. The molecule has 0 heterocycles. The first-order valence-corrected chi connectivity index (χ1v) is 9.70. The summed E-state index contributed by atoms with van der Waals surface area (Å²) in [7, 11) is 1.74. The molecule has 0 atom stereocenters. The van der Waals surface area contributed by atoms with Crippen LogP contribution >= 0.6 is 23.4 Å². The number of carbonyl (C=O) groups is 2. The molecule has 0 unspecified atom stereocenters. The van der Waals surface area contributed by atoms with E-state index < -0.39 is 0 Å². The van der Waals surface area contributed by atoms with Crippen LogP contribution in [0.1, 0.15) is 5.56 Å². The minimum Gasteiger partial charge on any atom is -0.351 e. The number of halogens is 1. The van der Waals surface area contributed by atoms with Gasteiger partial charge in [0, 0.05) is 16.5 Å². The molecule has 0 fully saturated rings. The van der Waals surface area contributed by atoms with Gasteiger partial charge in [-0.15, -0.1) is 11.8 Å². The van der Waals surface area contributed by atoms with Gasteiger partial charge in [0.15, 0.2) is 0 Å². The van der Waals surface area contributed by atoms with E-state index in [0.717, 1.165) is 16.1 Å². The summed E-state index contributed by atoms with van der Waals surface area (Å²) in [5.74, 6) is -0.304. The van der Waals surface area contributed by atoms with E-state index in [1.807, 2.05) is 48.7 Å². The van der Waals surface area contributed by atoms with Gasteiger partial charge in [0.2, 0.25) is 11.8 Å². The number of nitrogens with zero attached hydrogens (tertiary/aromatic N) is 1. The molecular formula is C19H22ClN3O2S. The summed E-state index contributed by atoms with van der Waals surface area (Å²) in [5.41, 5.74) is 1.71. The number of thioether (sulfide) groups is 1. The van der Waals surface area contributed by atoms with Crippen molar-refractivity contribution in [2.24, 2.45) is 0 Å². The maximum Gasteiger partial charge on any atom is 0.238 e. The Morgan fingerprint density at radius 1 is 1.08 bits per heavy atom. The third kappa shape index (κ3) is 6.71. The number of nitrogens with one attached hydrogen (secondary N) is 2. The van der Waals surface area contributed by atoms with Crippen LogP contribution in [0.5, 0.6) is 0 Å². The van der Waals surface area contributed by atoms with E-state index in [9.17, 15) is 9.59 Å². The smallest absolute Gasteiger partial charge is 0.238 e. The quantitative estimate of drug-likeness (QED) is 0.678. The molecule has 138 valence electrons. The molecule has 0 bridgehead atoms. The van der Waals surface area contributed by atoms with E-state index in [0.29, 0.717) is 11.6 Å². The molecule has 0 saturated carbocycles. The number of likely N-dealkylation sites (N-methyl/N-ethyl adjacent to an activating group) is 1. The SMILES string of the molecule is CSc1ccccc1NC(=O)CN(C)CC(=O)NCc1cccc(Cl)c1. The highest BCUT2D eigenvalue weighted by Gasteiger charge is 2.12. The first kappa shape index (κ1) is 20.3. The van der Waals surface area contributed by atoms with Crippen molar-refractivity contribution in [3.8, 4) is 0 Å². The van der Waals surface area contributed by atoms with Gasteiger partial charge >= 0.3 is 0 Å². The Bertz CT molecular complexity index is 770. The topological polar surface area (TPSA) is 61.4 Å². The van der Waals surface area contributed by atoms with E-state index in [1.165, 1.54) is 0 Å². The standard InChI is InChI=1S/C19H22ClN3O2S/c1-23(12-18(24)21-11-14-6-5-7-15(20)10-14)13-19(25)22-16-8-3-4-9-17(16)26-2/h3-10H,11-13H2,1-2H3,(H,21,24)(H,22,25). The van der Waals surface area contributed by atoms with Crippen LogP contribution in [-0.4, -0.2) is 43.1 Å². The average molecular weight is 392 g/mol. The van der Waals surface area contributed by atoms with Crippen molar-refractivity contribution in [2.75, 3.05) is 31.7 Å². The van der Waals surface area contributed by atoms with E-state index in [1.54, 1.807) is 29.8 Å². The largest absolute Gasteiger partial charge is 0.351 e. The summed E-state index contributed by atoms with van der Waals surface area (Å²) in [6, 6.07) is 14.9. The van der Waals surface area contributed by atoms with Crippen LogP contribution in [0.4, 0.5) is 5.69 Å². The Kier molecular flexibility index (Phi) is 7.97. The normalized spacial score (nSPS) is 10.6. The predicted molar refractivity (Wildman–Crippen MR) is 108 cm³/mol. The van der Waals surface area contributed by atoms with Gasteiger partial charge in [-0.2, -0.15) is 0 Å². The van der Waals surface area contributed by atoms with Crippen molar-refractivity contribution in [1.82, 2.24) is 10.2 Å². The second kappa shape index (κ2) is 10.2. The monoisotopic (exact) mass is 391 g/mol. The van der Waals surface area contributed by atoms with Crippen molar-refractivity contribution < 1.29 is 9.59 Å². The van der Waals surface area contributed by atoms with Crippen LogP contribution in [0, 0.1) is 0 Å². The Morgan fingerprint density at radius 2 is 1.81 bits per heavy atom. The molecule has 5 nitrogen and oxygen atoms in total. The van der Waals surface area contributed by atoms with Crippen molar-refractivity contribution >= 4 is 40.9 Å². The number of anilines is 1. The molecule has 7 heteroatoms. The summed E-state index contributed by atoms with van der Waals surface area (Å²) in [5, 5.41) is 6.34. The summed E-state index contributed by atoms with van der Waals surface area (Å²) in [6.07, 6.45) is 1.96. The van der Waals surface area contributed by atoms with Crippen LogP contribution in [0.15, 0.2) is 53.4 Å². The second-order valence-electron chi connectivity index (χ2n) is 5.83. The molecule has 0 aromatic heterocycles. The summed E-state index contributed by atoms with van der Waals surface area (Å²) in [4.78, 5) is 26.9. The molecule has 0 saturated heterocycles. The molecule has 2 amide bonds. The summed E-state index contributed by atoms with van der Waals surface area (Å²) < 4.78 is 0. The maximum absolute atomic E-state index is 12.2. The lowest BCUT2D eigenvalue weighted by Gasteiger charge is -2.17. The zero-order chi connectivity index (χ0) is 18.9. The van der Waals surface area contributed by atoms with Crippen molar-refractivity contribution in [3.63, 3.8) is 0 Å². The average Bonchev–Trinajstić information content (AvgIpc) is 2.60. The van der Waals surface area contributed by atoms with Gasteiger partial charge in [-0.25, -0.2) is 0 Å². The fourth-order valence-electron chi connectivity index (χ4n) is 2.39. The first-order chi connectivity index (χ1) is 12.5. The third-order valence-electron chi connectivity index (χ3n) is 3.59. The maximum atomic E-state index is 12.2. The predicted octanol–water partition coefficient (Wildman–Crippen LogP) is 3.25. The molecule has 2 aromatic rings. The highest BCUT2D eigenvalue weighted by molar-refractivity contribution is 7.98. The molecule has 0 spiro atoms. The minimum atomic E-state index is -0.156. The number of amides is 2. The Balaban J connectivity index is 1.77. The highest BCUT2D eigenvalue weighted by atomic mass is 35.5. The molecule has 2 N–H and O–H groups in total. The van der Waals surface area contributed by atoms with Crippen molar-refractivity contribution in [3.05, 3.63) is 59.1 Å². The van der Waals surface area contributed by atoms with Gasteiger partial charge in [0.1, 0.15) is 0 Å². The van der Waals surface area contributed by atoms with Crippen molar-refractivity contribution in [2.45, 2.75) is 11.4 Å². The Hall–Kier alpha value is -2.02. The van der Waals surface area contributed by atoms with Gasteiger partial charge in [-0.3, -0.25) is 14.5 Å². The zero-order valence-electron chi connectivity index (χ0n) is 14.8. The molecule has 0 radical (unpaired) electrons. The Morgan fingerprint density at radius 3 is 2.54 bits per heavy atom. The Labute approximate surface area is 163 Å². The van der Waals surface area contributed by atoms with Gasteiger partial charge in [-0.05, 0) is 43.1 Å². The number of rotatable bonds is 8. The van der Waals surface area contributed by atoms with Gasteiger partial charge in [-0.1, -0.05) is 35.9 Å². The van der Waals surface area contributed by atoms with Gasteiger partial charge in [0.25, 0.3) is 0 Å². The lowest BCUT2D eigenvalue weighted by Crippen LogP contribution is -2.38. The lowest BCUT2D eigenvalue weighted by molar-refractivity contribution is -0.123. The van der Waals surface area contributed by atoms with E-state index >= 15 is 0 Å². The van der Waals surface area contributed by atoms with Gasteiger partial charge < -0.3 is 10.6 Å². The fourth-order valence-corrected chi connectivity index (χ4v) is 3.15. The molecule has 0 aliphatic carbocycles. The number of carbonyl (C=O) groups excluding carboxylic acids is 2. The zero-order valence-corrected chi connectivity index (χ0v) is 16.4.